The van der Waals surface area contributed by atoms with E-state index in [1.54, 1.807) is 12.1 Å². The molecule has 1 aliphatic rings. The molecule has 0 aliphatic heterocycles. The van der Waals surface area contributed by atoms with Crippen LogP contribution in [0.15, 0.2) is 30.3 Å². The van der Waals surface area contributed by atoms with Crippen LogP contribution < -0.4 is 5.32 Å². The number of nitrogens with one attached hydrogen (secondary N) is 1. The summed E-state index contributed by atoms with van der Waals surface area (Å²) in [6.45, 7) is 0.0718. The van der Waals surface area contributed by atoms with Crippen LogP contribution in [0.2, 0.25) is 0 Å². The molecule has 1 aliphatic carbocycles. The second-order valence-corrected chi connectivity index (χ2v) is 4.95. The van der Waals surface area contributed by atoms with E-state index >= 15 is 0 Å². The van der Waals surface area contributed by atoms with Crippen molar-refractivity contribution in [2.24, 2.45) is 5.41 Å². The van der Waals surface area contributed by atoms with Crippen LogP contribution in [0.1, 0.15) is 18.4 Å². The normalized spacial score (nSPS) is 15.6. The van der Waals surface area contributed by atoms with Crippen LogP contribution in [0.25, 0.3) is 6.08 Å². The first kappa shape index (κ1) is 14.7. The number of nitrogens with zero attached hydrogens (tertiary/aromatic N) is 1. The maximum atomic E-state index is 11.6. The molecule has 2 rings (SSSR count). The van der Waals surface area contributed by atoms with Gasteiger partial charge in [-0.05, 0) is 25.0 Å². The van der Waals surface area contributed by atoms with E-state index < -0.39 is 22.2 Å². The van der Waals surface area contributed by atoms with Gasteiger partial charge in [0.2, 0.25) is 5.91 Å². The Kier molecular flexibility index (Phi) is 4.02. The van der Waals surface area contributed by atoms with Gasteiger partial charge < -0.3 is 10.4 Å². The third kappa shape index (κ3) is 3.44. The number of carboxylic acids is 1. The fraction of sp³-hybridized carbons (Fsp3) is 0.286. The molecule has 21 heavy (non-hydrogen) atoms. The molecule has 1 saturated carbocycles. The molecule has 110 valence electrons. The smallest absolute Gasteiger partial charge is 0.311 e. The van der Waals surface area contributed by atoms with Crippen molar-refractivity contribution in [1.82, 2.24) is 5.32 Å². The van der Waals surface area contributed by atoms with E-state index in [9.17, 15) is 19.7 Å². The molecule has 1 fully saturated rings. The molecule has 0 aromatic heterocycles. The average molecular weight is 290 g/mol. The van der Waals surface area contributed by atoms with E-state index in [0.29, 0.717) is 18.4 Å². The van der Waals surface area contributed by atoms with Gasteiger partial charge in [0, 0.05) is 18.7 Å². The molecule has 0 bridgehead atoms. The van der Waals surface area contributed by atoms with Gasteiger partial charge in [-0.3, -0.25) is 19.7 Å². The average Bonchev–Trinajstić information content (AvgIpc) is 3.24. The lowest BCUT2D eigenvalue weighted by Gasteiger charge is -2.09. The predicted molar refractivity (Wildman–Crippen MR) is 74.4 cm³/mol. The maximum Gasteiger partial charge on any atom is 0.311 e. The minimum absolute atomic E-state index is 0.0718. The van der Waals surface area contributed by atoms with Crippen LogP contribution in [0.3, 0.4) is 0 Å². The number of benzene rings is 1. The Morgan fingerprint density at radius 2 is 2.05 bits per heavy atom. The molecule has 0 atom stereocenters. The SMILES string of the molecule is O=C(/C=C/c1ccccc1[N+](=O)[O-])NCC1(C(=O)O)CC1. The molecule has 1 amide bonds. The Balaban J connectivity index is 1.97. The van der Waals surface area contributed by atoms with Crippen molar-refractivity contribution in [3.05, 3.63) is 46.0 Å². The molecule has 0 heterocycles. The van der Waals surface area contributed by atoms with Crippen molar-refractivity contribution in [3.63, 3.8) is 0 Å². The number of carboxylic acid groups (broad SMARTS) is 1. The molecular formula is C14H14N2O5. The lowest BCUT2D eigenvalue weighted by Crippen LogP contribution is -2.33. The monoisotopic (exact) mass is 290 g/mol. The maximum absolute atomic E-state index is 11.6. The number of aliphatic carboxylic acids is 1. The van der Waals surface area contributed by atoms with E-state index in [-0.39, 0.29) is 12.2 Å². The van der Waals surface area contributed by atoms with E-state index in [4.69, 9.17) is 5.11 Å². The summed E-state index contributed by atoms with van der Waals surface area (Å²) in [5, 5.41) is 22.3. The Labute approximate surface area is 120 Å². The highest BCUT2D eigenvalue weighted by Crippen LogP contribution is 2.45. The van der Waals surface area contributed by atoms with Crippen molar-refractivity contribution in [2.45, 2.75) is 12.8 Å². The lowest BCUT2D eigenvalue weighted by molar-refractivity contribution is -0.385. The summed E-state index contributed by atoms with van der Waals surface area (Å²) >= 11 is 0. The van der Waals surface area contributed by atoms with Gasteiger partial charge in [-0.2, -0.15) is 0 Å². The van der Waals surface area contributed by atoms with Crippen LogP contribution in [-0.4, -0.2) is 28.5 Å². The van der Waals surface area contributed by atoms with Gasteiger partial charge in [0.1, 0.15) is 0 Å². The Morgan fingerprint density at radius 1 is 1.38 bits per heavy atom. The van der Waals surface area contributed by atoms with Crippen LogP contribution >= 0.6 is 0 Å². The number of carbonyl (C=O) groups is 2. The van der Waals surface area contributed by atoms with Crippen molar-refractivity contribution in [3.8, 4) is 0 Å². The minimum Gasteiger partial charge on any atom is -0.481 e. The van der Waals surface area contributed by atoms with Crippen molar-refractivity contribution in [2.75, 3.05) is 6.54 Å². The Hall–Kier alpha value is -2.70. The van der Waals surface area contributed by atoms with Gasteiger partial charge in [-0.15, -0.1) is 0 Å². The van der Waals surface area contributed by atoms with Gasteiger partial charge in [0.25, 0.3) is 5.69 Å². The van der Waals surface area contributed by atoms with E-state index in [1.807, 2.05) is 0 Å². The fourth-order valence-electron chi connectivity index (χ4n) is 1.89. The molecule has 1 aromatic carbocycles. The largest absolute Gasteiger partial charge is 0.481 e. The van der Waals surface area contributed by atoms with Gasteiger partial charge in [-0.25, -0.2) is 0 Å². The molecule has 7 nitrogen and oxygen atoms in total. The van der Waals surface area contributed by atoms with Crippen LogP contribution in [0.5, 0.6) is 0 Å². The number of para-hydroxylation sites is 1. The molecular weight excluding hydrogens is 276 g/mol. The van der Waals surface area contributed by atoms with E-state index in [0.717, 1.165) is 0 Å². The number of rotatable bonds is 6. The molecule has 1 aromatic rings. The number of amides is 1. The standard InChI is InChI=1S/C14H14N2O5/c17-12(15-9-14(7-8-14)13(18)19)6-5-10-3-1-2-4-11(10)16(20)21/h1-6H,7-9H2,(H,15,17)(H,18,19)/b6-5+. The Morgan fingerprint density at radius 3 is 2.62 bits per heavy atom. The number of nitro groups is 1. The van der Waals surface area contributed by atoms with Gasteiger partial charge in [-0.1, -0.05) is 12.1 Å². The highest BCUT2D eigenvalue weighted by atomic mass is 16.6. The quantitative estimate of drug-likeness (QED) is 0.469. The van der Waals surface area contributed by atoms with Gasteiger partial charge in [0.05, 0.1) is 15.9 Å². The zero-order chi connectivity index (χ0) is 15.5. The fourth-order valence-corrected chi connectivity index (χ4v) is 1.89. The summed E-state index contributed by atoms with van der Waals surface area (Å²) < 4.78 is 0. The van der Waals surface area contributed by atoms with Crippen molar-refractivity contribution < 1.29 is 19.6 Å². The van der Waals surface area contributed by atoms with Crippen LogP contribution in [-0.2, 0) is 9.59 Å². The second-order valence-electron chi connectivity index (χ2n) is 4.95. The van der Waals surface area contributed by atoms with Crippen LogP contribution in [0.4, 0.5) is 5.69 Å². The number of carbonyl (C=O) groups excluding carboxylic acids is 1. The second kappa shape index (κ2) is 5.74. The summed E-state index contributed by atoms with van der Waals surface area (Å²) in [6.07, 6.45) is 3.61. The van der Waals surface area contributed by atoms with Crippen molar-refractivity contribution >= 4 is 23.6 Å². The summed E-state index contributed by atoms with van der Waals surface area (Å²) in [4.78, 5) is 32.9. The van der Waals surface area contributed by atoms with E-state index in [2.05, 4.69) is 5.32 Å². The first-order valence-electron chi connectivity index (χ1n) is 6.37. The Bertz CT molecular complexity index is 620. The molecule has 2 N–H and O–H groups in total. The number of nitro benzene ring substituents is 1. The number of hydrogen-bond acceptors (Lipinski definition) is 4. The molecule has 0 radical (unpaired) electrons. The highest BCUT2D eigenvalue weighted by Gasteiger charge is 2.50. The first-order valence-corrected chi connectivity index (χ1v) is 6.37. The topological polar surface area (TPSA) is 110 Å². The zero-order valence-electron chi connectivity index (χ0n) is 11.1. The summed E-state index contributed by atoms with van der Waals surface area (Å²) in [7, 11) is 0. The predicted octanol–water partition coefficient (Wildman–Crippen LogP) is 1.59. The third-order valence-electron chi connectivity index (χ3n) is 3.46. The molecule has 0 saturated heterocycles. The summed E-state index contributed by atoms with van der Waals surface area (Å²) in [5.41, 5.74) is -0.606. The van der Waals surface area contributed by atoms with E-state index in [1.165, 1.54) is 24.3 Å². The van der Waals surface area contributed by atoms with Gasteiger partial charge in [0.15, 0.2) is 0 Å². The van der Waals surface area contributed by atoms with Gasteiger partial charge >= 0.3 is 5.97 Å². The van der Waals surface area contributed by atoms with Crippen LogP contribution in [0, 0.1) is 15.5 Å². The summed E-state index contributed by atoms with van der Waals surface area (Å²) in [5.74, 6) is -1.38. The summed E-state index contributed by atoms with van der Waals surface area (Å²) in [6, 6.07) is 6.05. The third-order valence-corrected chi connectivity index (χ3v) is 3.46. The molecule has 0 spiro atoms. The number of hydrogen-bond donors (Lipinski definition) is 2. The highest BCUT2D eigenvalue weighted by molar-refractivity contribution is 5.92. The first-order chi connectivity index (χ1) is 9.94. The van der Waals surface area contributed by atoms with Crippen molar-refractivity contribution in [1.29, 1.82) is 0 Å². The molecule has 0 unspecified atom stereocenters. The minimum atomic E-state index is -0.912. The zero-order valence-corrected chi connectivity index (χ0v) is 11.1. The molecule has 7 heteroatoms. The lowest BCUT2D eigenvalue weighted by atomic mass is 10.1.